The Bertz CT molecular complexity index is 512. The Labute approximate surface area is 93.5 Å². The Kier molecular flexibility index (Phi) is 2.88. The van der Waals surface area contributed by atoms with E-state index in [4.69, 9.17) is 9.68 Å². The van der Waals surface area contributed by atoms with Crippen molar-refractivity contribution in [3.8, 4) is 6.07 Å². The lowest BCUT2D eigenvalue weighted by Gasteiger charge is -2.07. The predicted molar refractivity (Wildman–Crippen MR) is 59.7 cm³/mol. The second-order valence-corrected chi connectivity index (χ2v) is 3.46. The van der Waals surface area contributed by atoms with Crippen molar-refractivity contribution in [2.45, 2.75) is 13.5 Å². The minimum Gasteiger partial charge on any atom is -0.447 e. The lowest BCUT2D eigenvalue weighted by molar-refractivity contribution is 0.511. The van der Waals surface area contributed by atoms with Gasteiger partial charge in [0.25, 0.3) is 0 Å². The minimum absolute atomic E-state index is 0.565. The van der Waals surface area contributed by atoms with Crippen molar-refractivity contribution in [1.82, 2.24) is 4.98 Å². The molecule has 1 N–H and O–H groups in total. The lowest BCUT2D eigenvalue weighted by atomic mass is 10.1. The molecule has 0 atom stereocenters. The maximum atomic E-state index is 8.80. The molecule has 0 saturated carbocycles. The first kappa shape index (κ1) is 10.2. The van der Waals surface area contributed by atoms with Gasteiger partial charge < -0.3 is 9.73 Å². The Balaban J connectivity index is 2.12. The molecular weight excluding hydrogens is 202 g/mol. The molecule has 80 valence electrons. The number of hydrogen-bond donors (Lipinski definition) is 1. The van der Waals surface area contributed by atoms with Crippen molar-refractivity contribution >= 4 is 5.69 Å². The van der Waals surface area contributed by atoms with Gasteiger partial charge in [-0.05, 0) is 24.6 Å². The van der Waals surface area contributed by atoms with E-state index in [-0.39, 0.29) is 0 Å². The highest BCUT2D eigenvalue weighted by Crippen LogP contribution is 2.17. The van der Waals surface area contributed by atoms with Gasteiger partial charge >= 0.3 is 0 Å². The average Bonchev–Trinajstić information content (AvgIpc) is 2.81. The summed E-state index contributed by atoms with van der Waals surface area (Å²) in [7, 11) is 0. The van der Waals surface area contributed by atoms with E-state index in [2.05, 4.69) is 16.4 Å². The van der Waals surface area contributed by atoms with Crippen LogP contribution in [0.5, 0.6) is 0 Å². The number of nitrogens with zero attached hydrogens (tertiary/aromatic N) is 2. The summed E-state index contributed by atoms with van der Waals surface area (Å²) < 4.78 is 5.11. The maximum Gasteiger partial charge on any atom is 0.180 e. The van der Waals surface area contributed by atoms with E-state index in [1.807, 2.05) is 19.1 Å². The number of aromatic nitrogens is 1. The summed E-state index contributed by atoms with van der Waals surface area (Å²) in [5.41, 5.74) is 2.68. The quantitative estimate of drug-likeness (QED) is 0.850. The van der Waals surface area contributed by atoms with Crippen LogP contribution in [0, 0.1) is 18.3 Å². The van der Waals surface area contributed by atoms with Crippen LogP contribution in [0.25, 0.3) is 0 Å². The summed E-state index contributed by atoms with van der Waals surface area (Å²) in [5, 5.41) is 12.0. The number of oxazole rings is 1. The Morgan fingerprint density at radius 1 is 1.50 bits per heavy atom. The number of benzene rings is 1. The molecule has 2 rings (SSSR count). The monoisotopic (exact) mass is 213 g/mol. The molecule has 0 bridgehead atoms. The smallest absolute Gasteiger partial charge is 0.180 e. The van der Waals surface area contributed by atoms with Gasteiger partial charge in [-0.2, -0.15) is 5.26 Å². The second-order valence-electron chi connectivity index (χ2n) is 3.46. The van der Waals surface area contributed by atoms with Gasteiger partial charge in [0.15, 0.2) is 6.39 Å². The Hall–Kier alpha value is -2.28. The molecule has 4 heteroatoms. The summed E-state index contributed by atoms with van der Waals surface area (Å²) in [6, 6.07) is 7.66. The summed E-state index contributed by atoms with van der Waals surface area (Å²) in [6.07, 6.45) is 3.06. The number of hydrogen-bond acceptors (Lipinski definition) is 4. The Morgan fingerprint density at radius 3 is 3.06 bits per heavy atom. The SMILES string of the molecule is Cc1ccc(C#N)cc1NCc1cnco1. The summed E-state index contributed by atoms with van der Waals surface area (Å²) in [5.74, 6) is 0.766. The van der Waals surface area contributed by atoms with Gasteiger partial charge in [-0.3, -0.25) is 0 Å². The van der Waals surface area contributed by atoms with Gasteiger partial charge in [0, 0.05) is 5.69 Å². The van der Waals surface area contributed by atoms with Crippen LogP contribution in [-0.2, 0) is 6.54 Å². The fraction of sp³-hybridized carbons (Fsp3) is 0.167. The fourth-order valence-corrected chi connectivity index (χ4v) is 1.39. The van der Waals surface area contributed by atoms with Crippen LogP contribution in [0.1, 0.15) is 16.9 Å². The molecule has 1 aromatic heterocycles. The molecular formula is C12H11N3O. The van der Waals surface area contributed by atoms with Crippen LogP contribution >= 0.6 is 0 Å². The van der Waals surface area contributed by atoms with Gasteiger partial charge in [0.2, 0.25) is 0 Å². The molecule has 16 heavy (non-hydrogen) atoms. The second kappa shape index (κ2) is 4.49. The van der Waals surface area contributed by atoms with Crippen molar-refractivity contribution in [1.29, 1.82) is 5.26 Å². The molecule has 0 spiro atoms. The van der Waals surface area contributed by atoms with Gasteiger partial charge in [-0.1, -0.05) is 6.07 Å². The zero-order valence-electron chi connectivity index (χ0n) is 8.90. The van der Waals surface area contributed by atoms with E-state index < -0.39 is 0 Å². The van der Waals surface area contributed by atoms with Crippen molar-refractivity contribution in [3.05, 3.63) is 47.7 Å². The van der Waals surface area contributed by atoms with Crippen LogP contribution in [0.4, 0.5) is 5.69 Å². The molecule has 4 nitrogen and oxygen atoms in total. The van der Waals surface area contributed by atoms with Crippen molar-refractivity contribution < 1.29 is 4.42 Å². The first-order chi connectivity index (χ1) is 7.79. The molecule has 1 aromatic carbocycles. The van der Waals surface area contributed by atoms with Gasteiger partial charge in [-0.15, -0.1) is 0 Å². The van der Waals surface area contributed by atoms with Gasteiger partial charge in [-0.25, -0.2) is 4.98 Å². The van der Waals surface area contributed by atoms with Crippen molar-refractivity contribution in [2.24, 2.45) is 0 Å². The lowest BCUT2D eigenvalue weighted by Crippen LogP contribution is -2.00. The molecule has 0 radical (unpaired) electrons. The van der Waals surface area contributed by atoms with E-state index in [1.165, 1.54) is 6.39 Å². The molecule has 0 aliphatic heterocycles. The summed E-state index contributed by atoms with van der Waals surface area (Å²) >= 11 is 0. The van der Waals surface area contributed by atoms with Gasteiger partial charge in [0.05, 0.1) is 24.4 Å². The molecule has 0 amide bonds. The Morgan fingerprint density at radius 2 is 2.38 bits per heavy atom. The van der Waals surface area contributed by atoms with Crippen LogP contribution in [0.2, 0.25) is 0 Å². The number of nitrogens with one attached hydrogen (secondary N) is 1. The molecule has 0 fully saturated rings. The molecule has 0 aliphatic rings. The molecule has 0 unspecified atom stereocenters. The third-order valence-electron chi connectivity index (χ3n) is 2.30. The number of aryl methyl sites for hydroxylation is 1. The van der Waals surface area contributed by atoms with E-state index in [0.717, 1.165) is 17.0 Å². The van der Waals surface area contributed by atoms with E-state index >= 15 is 0 Å². The van der Waals surface area contributed by atoms with Crippen molar-refractivity contribution in [2.75, 3.05) is 5.32 Å². The van der Waals surface area contributed by atoms with Crippen LogP contribution in [0.3, 0.4) is 0 Å². The zero-order chi connectivity index (χ0) is 11.4. The topological polar surface area (TPSA) is 61.9 Å². The van der Waals surface area contributed by atoms with E-state index in [0.29, 0.717) is 12.1 Å². The third-order valence-corrected chi connectivity index (χ3v) is 2.30. The number of rotatable bonds is 3. The molecule has 0 saturated heterocycles. The van der Waals surface area contributed by atoms with E-state index in [9.17, 15) is 0 Å². The summed E-state index contributed by atoms with van der Waals surface area (Å²) in [4.78, 5) is 3.83. The molecule has 0 aliphatic carbocycles. The van der Waals surface area contributed by atoms with E-state index in [1.54, 1.807) is 12.3 Å². The largest absolute Gasteiger partial charge is 0.447 e. The van der Waals surface area contributed by atoms with Crippen LogP contribution < -0.4 is 5.32 Å². The maximum absolute atomic E-state index is 8.80. The van der Waals surface area contributed by atoms with Crippen LogP contribution in [-0.4, -0.2) is 4.98 Å². The fourth-order valence-electron chi connectivity index (χ4n) is 1.39. The van der Waals surface area contributed by atoms with Crippen LogP contribution in [0.15, 0.2) is 35.2 Å². The highest BCUT2D eigenvalue weighted by molar-refractivity contribution is 5.55. The normalized spacial score (nSPS) is 9.75. The number of anilines is 1. The first-order valence-electron chi connectivity index (χ1n) is 4.91. The molecule has 1 heterocycles. The van der Waals surface area contributed by atoms with Crippen molar-refractivity contribution in [3.63, 3.8) is 0 Å². The summed E-state index contributed by atoms with van der Waals surface area (Å²) in [6.45, 7) is 2.56. The third kappa shape index (κ3) is 2.20. The highest BCUT2D eigenvalue weighted by atomic mass is 16.3. The highest BCUT2D eigenvalue weighted by Gasteiger charge is 2.01. The molecule has 2 aromatic rings. The zero-order valence-corrected chi connectivity index (χ0v) is 8.90. The minimum atomic E-state index is 0.565. The predicted octanol–water partition coefficient (Wildman–Crippen LogP) is 2.47. The number of nitriles is 1. The van der Waals surface area contributed by atoms with Gasteiger partial charge in [0.1, 0.15) is 5.76 Å². The average molecular weight is 213 g/mol. The first-order valence-corrected chi connectivity index (χ1v) is 4.91. The standard InChI is InChI=1S/C12H11N3O/c1-9-2-3-10(5-13)4-12(9)15-7-11-6-14-8-16-11/h2-4,6,8,15H,7H2,1H3.